The second-order valence-corrected chi connectivity index (χ2v) is 4.83. The van der Waals surface area contributed by atoms with Crippen LogP contribution in [0.1, 0.15) is 34.1 Å². The van der Waals surface area contributed by atoms with Crippen molar-refractivity contribution in [3.8, 4) is 0 Å². The molecule has 4 nitrogen and oxygen atoms in total. The minimum Gasteiger partial charge on any atom is -0.466 e. The van der Waals surface area contributed by atoms with Gasteiger partial charge in [-0.3, -0.25) is 9.63 Å². The van der Waals surface area contributed by atoms with Gasteiger partial charge in [0.25, 0.3) is 0 Å². The fourth-order valence-electron chi connectivity index (χ4n) is 1.65. The van der Waals surface area contributed by atoms with Crippen LogP contribution in [0.3, 0.4) is 0 Å². The van der Waals surface area contributed by atoms with Crippen molar-refractivity contribution >= 4 is 5.97 Å². The Morgan fingerprint density at radius 2 is 2.13 bits per heavy atom. The molecule has 1 heterocycles. The molecule has 1 fully saturated rings. The Hall–Kier alpha value is -0.610. The first-order valence-corrected chi connectivity index (χ1v) is 5.53. The molecule has 1 aliphatic rings. The smallest absolute Gasteiger partial charge is 0.310 e. The van der Waals surface area contributed by atoms with Crippen molar-refractivity contribution in [3.05, 3.63) is 0 Å². The minimum absolute atomic E-state index is 0.0210. The number of ether oxygens (including phenoxy) is 1. The molecule has 1 aliphatic heterocycles. The number of hydrogen-bond acceptors (Lipinski definition) is 4. The lowest BCUT2D eigenvalue weighted by atomic mass is 10.1. The van der Waals surface area contributed by atoms with Gasteiger partial charge in [0.05, 0.1) is 18.1 Å². The summed E-state index contributed by atoms with van der Waals surface area (Å²) in [5.74, 6) is -0.121. The van der Waals surface area contributed by atoms with Crippen molar-refractivity contribution in [2.75, 3.05) is 19.7 Å². The summed E-state index contributed by atoms with van der Waals surface area (Å²) in [6.07, 6.45) is 0.828. The molecule has 0 aliphatic carbocycles. The predicted molar refractivity (Wildman–Crippen MR) is 57.2 cm³/mol. The summed E-state index contributed by atoms with van der Waals surface area (Å²) in [7, 11) is 0. The number of esters is 1. The summed E-state index contributed by atoms with van der Waals surface area (Å²) in [4.78, 5) is 17.1. The maximum absolute atomic E-state index is 11.5. The van der Waals surface area contributed by atoms with Gasteiger partial charge in [-0.1, -0.05) is 0 Å². The van der Waals surface area contributed by atoms with Crippen molar-refractivity contribution in [3.63, 3.8) is 0 Å². The topological polar surface area (TPSA) is 38.8 Å². The second kappa shape index (κ2) is 4.94. The zero-order valence-corrected chi connectivity index (χ0v) is 10.1. The van der Waals surface area contributed by atoms with Crippen LogP contribution in [-0.2, 0) is 14.4 Å². The van der Waals surface area contributed by atoms with Gasteiger partial charge in [0, 0.05) is 13.1 Å². The quantitative estimate of drug-likeness (QED) is 0.670. The van der Waals surface area contributed by atoms with Crippen LogP contribution in [0.4, 0.5) is 0 Å². The molecule has 0 spiro atoms. The molecule has 88 valence electrons. The van der Waals surface area contributed by atoms with Crippen LogP contribution in [0.5, 0.6) is 0 Å². The lowest BCUT2D eigenvalue weighted by molar-refractivity contribution is -0.218. The summed E-state index contributed by atoms with van der Waals surface area (Å²) in [5, 5.41) is 1.86. The fourth-order valence-corrected chi connectivity index (χ4v) is 1.65. The molecule has 4 heteroatoms. The molecule has 0 aromatic heterocycles. The molecule has 0 aromatic carbocycles. The van der Waals surface area contributed by atoms with Crippen LogP contribution in [-0.4, -0.2) is 36.3 Å². The number of carbonyl (C=O) groups is 1. The van der Waals surface area contributed by atoms with Gasteiger partial charge in [0.1, 0.15) is 0 Å². The van der Waals surface area contributed by atoms with E-state index < -0.39 is 0 Å². The number of carbonyl (C=O) groups excluding carboxylic acids is 1. The molecule has 1 saturated heterocycles. The zero-order valence-electron chi connectivity index (χ0n) is 10.1. The summed E-state index contributed by atoms with van der Waals surface area (Å²) in [6.45, 7) is 9.75. The van der Waals surface area contributed by atoms with E-state index in [1.807, 2.05) is 32.8 Å². The molecule has 0 aromatic rings. The standard InChI is InChI=1S/C11H21NO3/c1-5-14-10(13)9-6-7-12(8-9)15-11(2,3)4/h9H,5-8H2,1-4H3. The molecule has 1 atom stereocenters. The summed E-state index contributed by atoms with van der Waals surface area (Å²) in [6, 6.07) is 0. The Labute approximate surface area is 91.5 Å². The SMILES string of the molecule is CCOC(=O)C1CCN(OC(C)(C)C)C1. The van der Waals surface area contributed by atoms with Gasteiger partial charge < -0.3 is 4.74 Å². The highest BCUT2D eigenvalue weighted by Crippen LogP contribution is 2.21. The van der Waals surface area contributed by atoms with Crippen LogP contribution in [0, 0.1) is 5.92 Å². The first kappa shape index (κ1) is 12.5. The second-order valence-electron chi connectivity index (χ2n) is 4.83. The van der Waals surface area contributed by atoms with Crippen molar-refractivity contribution in [2.24, 2.45) is 5.92 Å². The highest BCUT2D eigenvalue weighted by molar-refractivity contribution is 5.73. The van der Waals surface area contributed by atoms with Crippen LogP contribution in [0.25, 0.3) is 0 Å². The monoisotopic (exact) mass is 215 g/mol. The number of nitrogens with zero attached hydrogens (tertiary/aromatic N) is 1. The highest BCUT2D eigenvalue weighted by atomic mass is 16.7. The van der Waals surface area contributed by atoms with E-state index in [9.17, 15) is 4.79 Å². The van der Waals surface area contributed by atoms with Gasteiger partial charge in [0.15, 0.2) is 0 Å². The Morgan fingerprint density at radius 1 is 1.47 bits per heavy atom. The first-order chi connectivity index (χ1) is 6.92. The molecule has 0 radical (unpaired) electrons. The summed E-state index contributed by atoms with van der Waals surface area (Å²) < 4.78 is 4.98. The van der Waals surface area contributed by atoms with E-state index >= 15 is 0 Å². The number of hydroxylamine groups is 2. The predicted octanol–water partition coefficient (Wildman–Crippen LogP) is 1.60. The van der Waals surface area contributed by atoms with Gasteiger partial charge in [-0.05, 0) is 34.1 Å². The van der Waals surface area contributed by atoms with E-state index in [4.69, 9.17) is 9.57 Å². The first-order valence-electron chi connectivity index (χ1n) is 5.53. The van der Waals surface area contributed by atoms with E-state index in [0.717, 1.165) is 13.0 Å². The van der Waals surface area contributed by atoms with Crippen LogP contribution < -0.4 is 0 Å². The normalized spacial score (nSPS) is 23.1. The summed E-state index contributed by atoms with van der Waals surface area (Å²) in [5.41, 5.74) is -0.191. The molecule has 0 bridgehead atoms. The summed E-state index contributed by atoms with van der Waals surface area (Å²) >= 11 is 0. The van der Waals surface area contributed by atoms with Crippen molar-refractivity contribution in [1.29, 1.82) is 0 Å². The van der Waals surface area contributed by atoms with E-state index in [1.165, 1.54) is 0 Å². The van der Waals surface area contributed by atoms with Crippen molar-refractivity contribution in [2.45, 2.75) is 39.7 Å². The third-order valence-electron chi connectivity index (χ3n) is 2.17. The molecule has 0 saturated carbocycles. The van der Waals surface area contributed by atoms with Crippen molar-refractivity contribution < 1.29 is 14.4 Å². The third-order valence-corrected chi connectivity index (χ3v) is 2.17. The van der Waals surface area contributed by atoms with E-state index in [2.05, 4.69) is 0 Å². The fraction of sp³-hybridized carbons (Fsp3) is 0.909. The lowest BCUT2D eigenvalue weighted by Crippen LogP contribution is -2.33. The highest BCUT2D eigenvalue weighted by Gasteiger charge is 2.31. The molecule has 1 rings (SSSR count). The number of hydrogen-bond donors (Lipinski definition) is 0. The van der Waals surface area contributed by atoms with Gasteiger partial charge >= 0.3 is 5.97 Å². The zero-order chi connectivity index (χ0) is 11.5. The van der Waals surface area contributed by atoms with Gasteiger partial charge in [-0.25, -0.2) is 0 Å². The number of rotatable bonds is 3. The Kier molecular flexibility index (Phi) is 4.11. The van der Waals surface area contributed by atoms with E-state index in [0.29, 0.717) is 13.2 Å². The molecule has 1 unspecified atom stereocenters. The van der Waals surface area contributed by atoms with E-state index in [-0.39, 0.29) is 17.5 Å². The minimum atomic E-state index is -0.191. The lowest BCUT2D eigenvalue weighted by Gasteiger charge is -2.26. The maximum atomic E-state index is 11.5. The van der Waals surface area contributed by atoms with Crippen LogP contribution >= 0.6 is 0 Å². The third kappa shape index (κ3) is 4.18. The van der Waals surface area contributed by atoms with Gasteiger partial charge in [0.2, 0.25) is 0 Å². The maximum Gasteiger partial charge on any atom is 0.310 e. The molecule has 15 heavy (non-hydrogen) atoms. The van der Waals surface area contributed by atoms with Crippen molar-refractivity contribution in [1.82, 2.24) is 5.06 Å². The van der Waals surface area contributed by atoms with Crippen LogP contribution in [0.2, 0.25) is 0 Å². The van der Waals surface area contributed by atoms with Gasteiger partial charge in [-0.15, -0.1) is 0 Å². The Balaban J connectivity index is 2.36. The molecular formula is C11H21NO3. The van der Waals surface area contributed by atoms with Gasteiger partial charge in [-0.2, -0.15) is 5.06 Å². The van der Waals surface area contributed by atoms with E-state index in [1.54, 1.807) is 0 Å². The average molecular weight is 215 g/mol. The Bertz CT molecular complexity index is 222. The molecular weight excluding hydrogens is 194 g/mol. The molecule has 0 amide bonds. The largest absolute Gasteiger partial charge is 0.466 e. The Morgan fingerprint density at radius 3 is 2.67 bits per heavy atom. The molecule has 0 N–H and O–H groups in total. The van der Waals surface area contributed by atoms with Crippen LogP contribution in [0.15, 0.2) is 0 Å². The average Bonchev–Trinajstić information content (AvgIpc) is 2.50.